The molecule has 0 aromatic heterocycles. The van der Waals surface area contributed by atoms with Crippen molar-refractivity contribution in [2.24, 2.45) is 5.10 Å². The van der Waals surface area contributed by atoms with Gasteiger partial charge in [0, 0.05) is 0 Å². The SMILES string of the molecule is CO/C=N\N(Cc1ccc(OC)cc1)Cc1ccc(OC)cc1. The standard InChI is InChI=1S/C18H22N2O3/c1-21-14-19-20(12-15-4-8-17(22-2)9-5-15)13-16-6-10-18(23-3)11-7-16/h4-11,14H,12-13H2,1-3H3/b19-14-. The topological polar surface area (TPSA) is 43.3 Å². The number of ether oxygens (including phenoxy) is 3. The van der Waals surface area contributed by atoms with E-state index in [0.717, 1.165) is 22.6 Å². The number of rotatable bonds is 8. The highest BCUT2D eigenvalue weighted by Crippen LogP contribution is 2.16. The summed E-state index contributed by atoms with van der Waals surface area (Å²) in [7, 11) is 4.91. The molecule has 0 unspecified atom stereocenters. The van der Waals surface area contributed by atoms with Crippen LogP contribution in [0.25, 0.3) is 0 Å². The van der Waals surface area contributed by atoms with Crippen LogP contribution in [0.5, 0.6) is 11.5 Å². The number of benzene rings is 2. The fourth-order valence-corrected chi connectivity index (χ4v) is 2.13. The third-order valence-corrected chi connectivity index (χ3v) is 3.36. The number of hydrazone groups is 1. The van der Waals surface area contributed by atoms with E-state index in [1.165, 1.54) is 6.40 Å². The first-order valence-corrected chi connectivity index (χ1v) is 7.31. The highest BCUT2D eigenvalue weighted by atomic mass is 16.5. The van der Waals surface area contributed by atoms with Gasteiger partial charge in [0.15, 0.2) is 6.40 Å². The van der Waals surface area contributed by atoms with Gasteiger partial charge in [0.25, 0.3) is 0 Å². The largest absolute Gasteiger partial charge is 0.497 e. The molecule has 122 valence electrons. The maximum Gasteiger partial charge on any atom is 0.192 e. The Morgan fingerprint density at radius 3 is 1.57 bits per heavy atom. The highest BCUT2D eigenvalue weighted by Gasteiger charge is 2.05. The van der Waals surface area contributed by atoms with E-state index in [1.54, 1.807) is 21.3 Å². The van der Waals surface area contributed by atoms with Gasteiger partial charge in [-0.05, 0) is 35.4 Å². The molecule has 0 amide bonds. The van der Waals surface area contributed by atoms with E-state index >= 15 is 0 Å². The molecule has 2 rings (SSSR count). The molecule has 0 bridgehead atoms. The molecule has 0 spiro atoms. The molecule has 0 aliphatic rings. The molecule has 0 atom stereocenters. The smallest absolute Gasteiger partial charge is 0.192 e. The Bertz CT molecular complexity index is 560. The van der Waals surface area contributed by atoms with Crippen molar-refractivity contribution in [1.29, 1.82) is 0 Å². The Morgan fingerprint density at radius 1 is 0.783 bits per heavy atom. The summed E-state index contributed by atoms with van der Waals surface area (Å²) >= 11 is 0. The van der Waals surface area contributed by atoms with Crippen LogP contribution < -0.4 is 9.47 Å². The number of methoxy groups -OCH3 is 3. The van der Waals surface area contributed by atoms with Crippen LogP contribution in [0.4, 0.5) is 0 Å². The van der Waals surface area contributed by atoms with Gasteiger partial charge in [0.1, 0.15) is 11.5 Å². The van der Waals surface area contributed by atoms with Crippen LogP contribution in [0.15, 0.2) is 53.6 Å². The lowest BCUT2D eigenvalue weighted by Crippen LogP contribution is -2.17. The second-order valence-corrected chi connectivity index (χ2v) is 4.98. The third kappa shape index (κ3) is 5.21. The van der Waals surface area contributed by atoms with Crippen molar-refractivity contribution in [2.75, 3.05) is 21.3 Å². The predicted molar refractivity (Wildman–Crippen MR) is 90.7 cm³/mol. The average Bonchev–Trinajstić information content (AvgIpc) is 2.61. The maximum absolute atomic E-state index is 5.18. The summed E-state index contributed by atoms with van der Waals surface area (Å²) < 4.78 is 15.3. The minimum atomic E-state index is 0.676. The van der Waals surface area contributed by atoms with Gasteiger partial charge >= 0.3 is 0 Å². The molecule has 0 N–H and O–H groups in total. The van der Waals surface area contributed by atoms with Crippen LogP contribution in [0, 0.1) is 0 Å². The van der Waals surface area contributed by atoms with Crippen molar-refractivity contribution in [2.45, 2.75) is 13.1 Å². The molecule has 5 nitrogen and oxygen atoms in total. The molecule has 0 aliphatic carbocycles. The van der Waals surface area contributed by atoms with E-state index < -0.39 is 0 Å². The van der Waals surface area contributed by atoms with Gasteiger partial charge in [0.2, 0.25) is 0 Å². The Labute approximate surface area is 137 Å². The van der Waals surface area contributed by atoms with E-state index in [9.17, 15) is 0 Å². The van der Waals surface area contributed by atoms with Gasteiger partial charge in [-0.15, -0.1) is 5.10 Å². The lowest BCUT2D eigenvalue weighted by atomic mass is 10.2. The minimum absolute atomic E-state index is 0.676. The van der Waals surface area contributed by atoms with Crippen molar-refractivity contribution < 1.29 is 14.2 Å². The Hall–Kier alpha value is -2.69. The van der Waals surface area contributed by atoms with Crippen LogP contribution in [0.2, 0.25) is 0 Å². The van der Waals surface area contributed by atoms with Crippen LogP contribution in [0.1, 0.15) is 11.1 Å². The zero-order chi connectivity index (χ0) is 16.5. The summed E-state index contributed by atoms with van der Waals surface area (Å²) in [5.74, 6) is 1.69. The normalized spacial score (nSPS) is 10.6. The minimum Gasteiger partial charge on any atom is -0.497 e. The van der Waals surface area contributed by atoms with E-state index in [0.29, 0.717) is 13.1 Å². The molecule has 0 aliphatic heterocycles. The molecule has 0 heterocycles. The quantitative estimate of drug-likeness (QED) is 0.426. The fourth-order valence-electron chi connectivity index (χ4n) is 2.13. The summed E-state index contributed by atoms with van der Waals surface area (Å²) in [4.78, 5) is 0. The maximum atomic E-state index is 5.18. The molecule has 2 aromatic rings. The second kappa shape index (κ2) is 8.68. The van der Waals surface area contributed by atoms with Gasteiger partial charge in [0.05, 0.1) is 34.4 Å². The molecule has 23 heavy (non-hydrogen) atoms. The first kappa shape index (κ1) is 16.7. The Balaban J connectivity index is 2.07. The van der Waals surface area contributed by atoms with Crippen molar-refractivity contribution in [3.05, 3.63) is 59.7 Å². The molecule has 0 fully saturated rings. The van der Waals surface area contributed by atoms with E-state index in [2.05, 4.69) is 5.10 Å². The van der Waals surface area contributed by atoms with E-state index in [4.69, 9.17) is 14.2 Å². The molecule has 0 saturated heterocycles. The molecule has 0 radical (unpaired) electrons. The Morgan fingerprint density at radius 2 is 1.22 bits per heavy atom. The average molecular weight is 314 g/mol. The summed E-state index contributed by atoms with van der Waals surface area (Å²) in [6.07, 6.45) is 1.44. The number of hydrogen-bond donors (Lipinski definition) is 0. The Kier molecular flexibility index (Phi) is 6.29. The van der Waals surface area contributed by atoms with E-state index in [-0.39, 0.29) is 0 Å². The molecule has 2 aromatic carbocycles. The zero-order valence-corrected chi connectivity index (χ0v) is 13.7. The van der Waals surface area contributed by atoms with Crippen molar-refractivity contribution in [3.8, 4) is 11.5 Å². The first-order valence-electron chi connectivity index (χ1n) is 7.31. The third-order valence-electron chi connectivity index (χ3n) is 3.36. The van der Waals surface area contributed by atoms with Crippen LogP contribution in [0.3, 0.4) is 0 Å². The first-order chi connectivity index (χ1) is 11.2. The van der Waals surface area contributed by atoms with Crippen LogP contribution in [-0.2, 0) is 17.8 Å². The second-order valence-electron chi connectivity index (χ2n) is 4.98. The van der Waals surface area contributed by atoms with Crippen molar-refractivity contribution >= 4 is 6.40 Å². The van der Waals surface area contributed by atoms with Gasteiger partial charge in [-0.1, -0.05) is 24.3 Å². The summed E-state index contributed by atoms with van der Waals surface area (Å²) in [6.45, 7) is 1.35. The fraction of sp³-hybridized carbons (Fsp3) is 0.278. The molecular weight excluding hydrogens is 292 g/mol. The summed E-state index contributed by atoms with van der Waals surface area (Å²) in [6, 6.07) is 15.9. The molecular formula is C18H22N2O3. The lowest BCUT2D eigenvalue weighted by Gasteiger charge is -2.19. The van der Waals surface area contributed by atoms with E-state index in [1.807, 2.05) is 53.5 Å². The molecule has 5 heteroatoms. The van der Waals surface area contributed by atoms with Gasteiger partial charge in [-0.3, -0.25) is 5.01 Å². The summed E-state index contributed by atoms with van der Waals surface area (Å²) in [5.41, 5.74) is 2.29. The van der Waals surface area contributed by atoms with Gasteiger partial charge in [-0.2, -0.15) is 0 Å². The van der Waals surface area contributed by atoms with Crippen molar-refractivity contribution in [1.82, 2.24) is 5.01 Å². The van der Waals surface area contributed by atoms with Crippen LogP contribution in [-0.4, -0.2) is 32.7 Å². The lowest BCUT2D eigenvalue weighted by molar-refractivity contribution is 0.260. The van der Waals surface area contributed by atoms with Crippen molar-refractivity contribution in [3.63, 3.8) is 0 Å². The van der Waals surface area contributed by atoms with Gasteiger partial charge in [-0.25, -0.2) is 0 Å². The molecule has 0 saturated carbocycles. The van der Waals surface area contributed by atoms with Crippen LogP contribution >= 0.6 is 0 Å². The number of nitrogens with zero attached hydrogens (tertiary/aromatic N) is 2. The predicted octanol–water partition coefficient (Wildman–Crippen LogP) is 3.30. The number of hydrogen-bond acceptors (Lipinski definition) is 5. The highest BCUT2D eigenvalue weighted by molar-refractivity contribution is 5.45. The monoisotopic (exact) mass is 314 g/mol. The summed E-state index contributed by atoms with van der Waals surface area (Å²) in [5, 5.41) is 6.28. The zero-order valence-electron chi connectivity index (χ0n) is 13.7. The van der Waals surface area contributed by atoms with Gasteiger partial charge < -0.3 is 14.2 Å².